The van der Waals surface area contributed by atoms with Gasteiger partial charge < -0.3 is 0 Å². The van der Waals surface area contributed by atoms with Crippen LogP contribution in [0.3, 0.4) is 0 Å². The van der Waals surface area contributed by atoms with E-state index in [0.29, 0.717) is 16.5 Å². The zero-order chi connectivity index (χ0) is 8.43. The molecule has 4 heteroatoms. The molecule has 1 rings (SSSR count). The number of hydrogen-bond donors (Lipinski definition) is 0. The lowest BCUT2D eigenvalue weighted by Gasteiger charge is -1.98. The van der Waals surface area contributed by atoms with Crippen molar-refractivity contribution in [2.75, 3.05) is 0 Å². The summed E-state index contributed by atoms with van der Waals surface area (Å²) in [6.07, 6.45) is 1.37. The van der Waals surface area contributed by atoms with E-state index in [4.69, 9.17) is 11.6 Å². The van der Waals surface area contributed by atoms with Crippen molar-refractivity contribution in [3.63, 3.8) is 0 Å². The molecular weight excluding hydrogens is 164 g/mol. The first-order valence-corrected chi connectivity index (χ1v) is 3.49. The molecular formula is C7H7ClN2O. The Balaban J connectivity index is 3.20. The van der Waals surface area contributed by atoms with Gasteiger partial charge in [-0.05, 0) is 6.92 Å². The molecule has 0 atom stereocenters. The van der Waals surface area contributed by atoms with Gasteiger partial charge in [-0.15, -0.1) is 0 Å². The Morgan fingerprint density at radius 3 is 2.73 bits per heavy atom. The monoisotopic (exact) mass is 170 g/mol. The molecule has 0 amide bonds. The number of Topliss-reactive ketones (excluding diaryl/α,β-unsaturated/α-hetero) is 1. The Labute approximate surface area is 69.4 Å². The van der Waals surface area contributed by atoms with E-state index < -0.39 is 0 Å². The molecule has 3 nitrogen and oxygen atoms in total. The van der Waals surface area contributed by atoms with Crippen LogP contribution >= 0.6 is 11.6 Å². The van der Waals surface area contributed by atoms with Crippen LogP contribution in [0.15, 0.2) is 6.20 Å². The van der Waals surface area contributed by atoms with Crippen molar-refractivity contribution in [3.8, 4) is 0 Å². The van der Waals surface area contributed by atoms with Gasteiger partial charge in [-0.3, -0.25) is 4.79 Å². The zero-order valence-electron chi connectivity index (χ0n) is 6.26. The molecule has 0 saturated carbocycles. The number of carbonyl (C=O) groups excluding carboxylic acids is 1. The predicted molar refractivity (Wildman–Crippen MR) is 41.8 cm³/mol. The second-order valence-electron chi connectivity index (χ2n) is 2.18. The van der Waals surface area contributed by atoms with Gasteiger partial charge in [0.2, 0.25) is 0 Å². The number of aromatic nitrogens is 2. The Kier molecular flexibility index (Phi) is 2.19. The van der Waals surface area contributed by atoms with Gasteiger partial charge in [-0.1, -0.05) is 11.6 Å². The first-order chi connectivity index (χ1) is 5.11. The van der Waals surface area contributed by atoms with Crippen molar-refractivity contribution in [3.05, 3.63) is 22.7 Å². The van der Waals surface area contributed by atoms with Crippen LogP contribution in [0.25, 0.3) is 0 Å². The zero-order valence-corrected chi connectivity index (χ0v) is 7.01. The average Bonchev–Trinajstić information content (AvgIpc) is 1.85. The van der Waals surface area contributed by atoms with Gasteiger partial charge in [0.15, 0.2) is 5.78 Å². The second-order valence-corrected chi connectivity index (χ2v) is 2.57. The molecule has 0 radical (unpaired) electrons. The van der Waals surface area contributed by atoms with Crippen LogP contribution in [-0.2, 0) is 0 Å². The van der Waals surface area contributed by atoms with E-state index in [2.05, 4.69) is 9.97 Å². The highest BCUT2D eigenvalue weighted by Gasteiger charge is 2.05. The topological polar surface area (TPSA) is 42.9 Å². The maximum absolute atomic E-state index is 10.8. The molecule has 0 aliphatic rings. The molecule has 11 heavy (non-hydrogen) atoms. The van der Waals surface area contributed by atoms with Crippen LogP contribution in [0.2, 0.25) is 5.15 Å². The Morgan fingerprint density at radius 1 is 1.64 bits per heavy atom. The fourth-order valence-corrected chi connectivity index (χ4v) is 0.974. The van der Waals surface area contributed by atoms with Crippen molar-refractivity contribution in [1.29, 1.82) is 0 Å². The van der Waals surface area contributed by atoms with E-state index in [1.165, 1.54) is 13.1 Å². The molecule has 1 aromatic heterocycles. The Morgan fingerprint density at radius 2 is 2.27 bits per heavy atom. The van der Waals surface area contributed by atoms with E-state index >= 15 is 0 Å². The average molecular weight is 171 g/mol. The van der Waals surface area contributed by atoms with Crippen LogP contribution < -0.4 is 0 Å². The highest BCUT2D eigenvalue weighted by Crippen LogP contribution is 2.06. The predicted octanol–water partition coefficient (Wildman–Crippen LogP) is 1.64. The van der Waals surface area contributed by atoms with Crippen LogP contribution in [0.1, 0.15) is 23.1 Å². The summed E-state index contributed by atoms with van der Waals surface area (Å²) in [7, 11) is 0. The summed E-state index contributed by atoms with van der Waals surface area (Å²) >= 11 is 5.54. The lowest BCUT2D eigenvalue weighted by atomic mass is 10.2. The third kappa shape index (κ3) is 1.74. The van der Waals surface area contributed by atoms with E-state index in [1.54, 1.807) is 6.92 Å². The number of rotatable bonds is 1. The van der Waals surface area contributed by atoms with Crippen LogP contribution in [-0.4, -0.2) is 15.8 Å². The van der Waals surface area contributed by atoms with Crippen molar-refractivity contribution >= 4 is 17.4 Å². The number of aryl methyl sites for hydroxylation is 1. The minimum absolute atomic E-state index is 0.0910. The molecule has 0 unspecified atom stereocenters. The number of nitrogens with zero attached hydrogens (tertiary/aromatic N) is 2. The van der Waals surface area contributed by atoms with Crippen molar-refractivity contribution in [1.82, 2.24) is 9.97 Å². The van der Waals surface area contributed by atoms with E-state index in [1.807, 2.05) is 0 Å². The molecule has 0 N–H and O–H groups in total. The highest BCUT2D eigenvalue weighted by atomic mass is 35.5. The maximum Gasteiger partial charge on any atom is 0.179 e. The van der Waals surface area contributed by atoms with Crippen molar-refractivity contribution in [2.45, 2.75) is 13.8 Å². The fraction of sp³-hybridized carbons (Fsp3) is 0.286. The standard InChI is InChI=1S/C7H7ClN2O/c1-4-7(5(2)11)9-3-6(8)10-4/h3H,1-2H3. The van der Waals surface area contributed by atoms with E-state index in [-0.39, 0.29) is 5.78 Å². The van der Waals surface area contributed by atoms with Crippen LogP contribution in [0.5, 0.6) is 0 Å². The summed E-state index contributed by atoms with van der Waals surface area (Å²) in [5.74, 6) is -0.0910. The number of ketones is 1. The van der Waals surface area contributed by atoms with Crippen molar-refractivity contribution < 1.29 is 4.79 Å². The smallest absolute Gasteiger partial charge is 0.179 e. The van der Waals surface area contributed by atoms with Crippen LogP contribution in [0.4, 0.5) is 0 Å². The van der Waals surface area contributed by atoms with E-state index in [0.717, 1.165) is 0 Å². The molecule has 0 spiro atoms. The molecule has 0 aliphatic heterocycles. The third-order valence-electron chi connectivity index (χ3n) is 1.25. The summed E-state index contributed by atoms with van der Waals surface area (Å²) in [5, 5.41) is 0.313. The summed E-state index contributed by atoms with van der Waals surface area (Å²) in [4.78, 5) is 18.5. The van der Waals surface area contributed by atoms with E-state index in [9.17, 15) is 4.79 Å². The minimum atomic E-state index is -0.0910. The first-order valence-electron chi connectivity index (χ1n) is 3.11. The van der Waals surface area contributed by atoms with Gasteiger partial charge in [0.1, 0.15) is 10.8 Å². The summed E-state index contributed by atoms with van der Waals surface area (Å²) in [5.41, 5.74) is 0.958. The second kappa shape index (κ2) is 2.96. The molecule has 1 aromatic rings. The van der Waals surface area contributed by atoms with Gasteiger partial charge in [0, 0.05) is 6.92 Å². The van der Waals surface area contributed by atoms with Gasteiger partial charge in [0.05, 0.1) is 11.9 Å². The molecule has 58 valence electrons. The van der Waals surface area contributed by atoms with Gasteiger partial charge in [0.25, 0.3) is 0 Å². The largest absolute Gasteiger partial charge is 0.293 e. The summed E-state index contributed by atoms with van der Waals surface area (Å²) in [6, 6.07) is 0. The molecule has 1 heterocycles. The molecule has 0 saturated heterocycles. The Hall–Kier alpha value is -0.960. The number of hydrogen-bond acceptors (Lipinski definition) is 3. The third-order valence-corrected chi connectivity index (χ3v) is 1.43. The summed E-state index contributed by atoms with van der Waals surface area (Å²) in [6.45, 7) is 3.15. The molecule has 0 aromatic carbocycles. The summed E-state index contributed by atoms with van der Waals surface area (Å²) < 4.78 is 0. The minimum Gasteiger partial charge on any atom is -0.293 e. The normalized spacial score (nSPS) is 9.73. The molecule has 0 fully saturated rings. The first kappa shape index (κ1) is 8.14. The van der Waals surface area contributed by atoms with Gasteiger partial charge in [-0.25, -0.2) is 9.97 Å². The quantitative estimate of drug-likeness (QED) is 0.602. The highest BCUT2D eigenvalue weighted by molar-refractivity contribution is 6.29. The number of carbonyl (C=O) groups is 1. The fourth-order valence-electron chi connectivity index (χ4n) is 0.799. The number of halogens is 1. The van der Waals surface area contributed by atoms with Crippen LogP contribution in [0, 0.1) is 6.92 Å². The maximum atomic E-state index is 10.8. The lowest BCUT2D eigenvalue weighted by molar-refractivity contribution is 0.101. The molecule has 0 bridgehead atoms. The van der Waals surface area contributed by atoms with Gasteiger partial charge in [-0.2, -0.15) is 0 Å². The Bertz CT molecular complexity index is 298. The SMILES string of the molecule is CC(=O)c1ncc(Cl)nc1C. The van der Waals surface area contributed by atoms with Crippen molar-refractivity contribution in [2.24, 2.45) is 0 Å². The lowest BCUT2D eigenvalue weighted by Crippen LogP contribution is -2.01. The molecule has 0 aliphatic carbocycles. The van der Waals surface area contributed by atoms with Gasteiger partial charge >= 0.3 is 0 Å².